The molecule has 2 atom stereocenters. The number of amides is 1. The Hall–Kier alpha value is -3.77. The maximum Gasteiger partial charge on any atom is 0.332 e. The molecule has 0 radical (unpaired) electrons. The number of methoxy groups -OCH3 is 1. The van der Waals surface area contributed by atoms with Crippen molar-refractivity contribution in [3.8, 4) is 10.8 Å². The number of fused-ring (bicyclic) bond motifs is 1. The summed E-state index contributed by atoms with van der Waals surface area (Å²) in [5.74, 6) is -0.334. The lowest BCUT2D eigenvalue weighted by Gasteiger charge is -2.25. The molecule has 4 heterocycles. The first-order valence-corrected chi connectivity index (χ1v) is 14.5. The lowest BCUT2D eigenvalue weighted by Crippen LogP contribution is -2.47. The zero-order valence-electron chi connectivity index (χ0n) is 23.8. The van der Waals surface area contributed by atoms with Crippen LogP contribution in [0.3, 0.4) is 0 Å². The second-order valence-electron chi connectivity index (χ2n) is 10.5. The Morgan fingerprint density at radius 1 is 1.17 bits per heavy atom. The Morgan fingerprint density at radius 3 is 2.54 bits per heavy atom. The van der Waals surface area contributed by atoms with Crippen molar-refractivity contribution in [2.45, 2.75) is 65.3 Å². The van der Waals surface area contributed by atoms with Gasteiger partial charge in [-0.05, 0) is 64.8 Å². The van der Waals surface area contributed by atoms with Crippen LogP contribution in [0.5, 0.6) is 5.75 Å². The average molecular weight is 584 g/mol. The molecular formula is C29H34FN5O5S. The summed E-state index contributed by atoms with van der Waals surface area (Å²) in [5.41, 5.74) is -0.0888. The number of rotatable bonds is 9. The Kier molecular flexibility index (Phi) is 8.14. The van der Waals surface area contributed by atoms with Gasteiger partial charge in [-0.3, -0.25) is 14.2 Å². The number of carbonyl (C=O) groups is 1. The van der Waals surface area contributed by atoms with Crippen molar-refractivity contribution in [1.29, 1.82) is 0 Å². The van der Waals surface area contributed by atoms with Crippen molar-refractivity contribution in [2.24, 2.45) is 0 Å². The van der Waals surface area contributed by atoms with Crippen molar-refractivity contribution in [3.05, 3.63) is 74.4 Å². The van der Waals surface area contributed by atoms with E-state index in [2.05, 4.69) is 5.10 Å². The minimum atomic E-state index is -1.01. The number of nitrogens with zero attached hydrogens (tertiary/aromatic N) is 5. The van der Waals surface area contributed by atoms with Crippen molar-refractivity contribution in [2.75, 3.05) is 20.2 Å². The molecule has 218 valence electrons. The second-order valence-corrected chi connectivity index (χ2v) is 11.5. The van der Waals surface area contributed by atoms with Crippen molar-refractivity contribution >= 4 is 27.5 Å². The average Bonchev–Trinajstić information content (AvgIpc) is 3.71. The third kappa shape index (κ3) is 5.33. The molecule has 0 spiro atoms. The highest BCUT2D eigenvalue weighted by molar-refractivity contribution is 7.21. The van der Waals surface area contributed by atoms with Crippen LogP contribution in [0.1, 0.15) is 56.9 Å². The molecule has 0 aliphatic carbocycles. The van der Waals surface area contributed by atoms with Crippen molar-refractivity contribution in [1.82, 2.24) is 23.8 Å². The van der Waals surface area contributed by atoms with Gasteiger partial charge >= 0.3 is 5.69 Å². The van der Waals surface area contributed by atoms with Gasteiger partial charge in [-0.1, -0.05) is 11.3 Å². The molecule has 1 amide bonds. The number of thiophene rings is 1. The zero-order chi connectivity index (χ0) is 29.4. The van der Waals surface area contributed by atoms with Crippen molar-refractivity contribution in [3.63, 3.8) is 0 Å². The molecule has 0 bridgehead atoms. The Labute approximate surface area is 240 Å². The largest absolute Gasteiger partial charge is 0.496 e. The topological polar surface area (TPSA) is 101 Å². The number of likely N-dealkylation sites (tertiary alicyclic amines) is 1. The summed E-state index contributed by atoms with van der Waals surface area (Å²) in [7, 11) is 1.48. The molecule has 1 aliphatic heterocycles. The van der Waals surface area contributed by atoms with Crippen LogP contribution in [0.4, 0.5) is 4.39 Å². The van der Waals surface area contributed by atoms with E-state index in [1.54, 1.807) is 41.9 Å². The van der Waals surface area contributed by atoms with Crippen LogP contribution >= 0.6 is 11.3 Å². The van der Waals surface area contributed by atoms with Crippen LogP contribution in [-0.4, -0.2) is 56.0 Å². The van der Waals surface area contributed by atoms with E-state index in [-0.39, 0.29) is 18.6 Å². The minimum Gasteiger partial charge on any atom is -0.496 e. The van der Waals surface area contributed by atoms with E-state index in [0.29, 0.717) is 45.2 Å². The second kappa shape index (κ2) is 11.6. The van der Waals surface area contributed by atoms with Gasteiger partial charge in [0.25, 0.3) is 5.56 Å². The van der Waals surface area contributed by atoms with Crippen LogP contribution in [0, 0.1) is 12.7 Å². The SMILES string of the molecule is COc1ccc(F)cc1C(Cn1c(=O)n(C(C)C(=O)N2CCCC2)c(=O)c2c(C)c(-n3cccn3)sc21)OC(C)C. The standard InChI is InChI=1S/C29H34FN5O5S/c1-17(2)40-23(21-15-20(30)9-10-22(21)39-5)16-33-28-24(18(3)27(41-28)34-14-8-11-31-34)26(37)35(29(33)38)19(4)25(36)32-12-6-7-13-32/h8-11,14-15,17,19,23H,6-7,12-13,16H2,1-5H3. The molecule has 1 fully saturated rings. The predicted molar refractivity (Wildman–Crippen MR) is 155 cm³/mol. The number of ether oxygens (including phenoxy) is 2. The molecule has 4 aromatic rings. The molecule has 3 aromatic heterocycles. The molecule has 1 aromatic carbocycles. The summed E-state index contributed by atoms with van der Waals surface area (Å²) in [5, 5.41) is 5.34. The number of aryl methyl sites for hydroxylation is 1. The molecular weight excluding hydrogens is 549 g/mol. The van der Waals surface area contributed by atoms with Gasteiger partial charge in [0.2, 0.25) is 5.91 Å². The van der Waals surface area contributed by atoms with Crippen LogP contribution in [0.2, 0.25) is 0 Å². The highest BCUT2D eigenvalue weighted by Gasteiger charge is 2.31. The van der Waals surface area contributed by atoms with Gasteiger partial charge in [0, 0.05) is 36.6 Å². The minimum absolute atomic E-state index is 0.0449. The first kappa shape index (κ1) is 28.7. The number of benzene rings is 1. The summed E-state index contributed by atoms with van der Waals surface area (Å²) < 4.78 is 30.3. The maximum atomic E-state index is 14.5. The maximum absolute atomic E-state index is 14.5. The molecule has 0 saturated carbocycles. The molecule has 1 aliphatic rings. The molecule has 1 saturated heterocycles. The number of carbonyl (C=O) groups excluding carboxylic acids is 1. The van der Waals surface area contributed by atoms with Crippen molar-refractivity contribution < 1.29 is 18.7 Å². The fraction of sp³-hybridized carbons (Fsp3) is 0.448. The van der Waals surface area contributed by atoms with Gasteiger partial charge in [0.1, 0.15) is 33.5 Å². The summed E-state index contributed by atoms with van der Waals surface area (Å²) in [4.78, 5) is 43.8. The highest BCUT2D eigenvalue weighted by atomic mass is 32.1. The highest BCUT2D eigenvalue weighted by Crippen LogP contribution is 2.34. The summed E-state index contributed by atoms with van der Waals surface area (Å²) >= 11 is 1.25. The number of halogens is 1. The quantitative estimate of drug-likeness (QED) is 0.293. The number of hydrogen-bond acceptors (Lipinski definition) is 7. The molecule has 5 rings (SSSR count). The predicted octanol–water partition coefficient (Wildman–Crippen LogP) is 4.22. The van der Waals surface area contributed by atoms with E-state index in [1.807, 2.05) is 13.8 Å². The van der Waals surface area contributed by atoms with Crippen LogP contribution < -0.4 is 16.0 Å². The number of aromatic nitrogens is 4. The summed E-state index contributed by atoms with van der Waals surface area (Å²) in [6.45, 7) is 8.24. The van der Waals surface area contributed by atoms with Gasteiger partial charge in [-0.2, -0.15) is 5.10 Å². The normalized spacial score (nSPS) is 15.1. The zero-order valence-corrected chi connectivity index (χ0v) is 24.6. The lowest BCUT2D eigenvalue weighted by atomic mass is 10.1. The molecule has 2 unspecified atom stereocenters. The van der Waals surface area contributed by atoms with Gasteiger partial charge in [-0.25, -0.2) is 18.4 Å². The first-order chi connectivity index (χ1) is 19.6. The molecule has 41 heavy (non-hydrogen) atoms. The molecule has 12 heteroatoms. The monoisotopic (exact) mass is 583 g/mol. The Balaban J connectivity index is 1.75. The molecule has 10 nitrogen and oxygen atoms in total. The fourth-order valence-electron chi connectivity index (χ4n) is 5.44. The summed E-state index contributed by atoms with van der Waals surface area (Å²) in [6, 6.07) is 4.91. The third-order valence-corrected chi connectivity index (χ3v) is 8.72. The lowest BCUT2D eigenvalue weighted by molar-refractivity contribution is -0.133. The van der Waals surface area contributed by atoms with Crippen LogP contribution in [-0.2, 0) is 16.1 Å². The van der Waals surface area contributed by atoms with Gasteiger partial charge in [0.15, 0.2) is 0 Å². The number of hydrogen-bond donors (Lipinski definition) is 0. The van der Waals surface area contributed by atoms with Gasteiger partial charge < -0.3 is 14.4 Å². The van der Waals surface area contributed by atoms with E-state index in [9.17, 15) is 18.8 Å². The fourth-order valence-corrected chi connectivity index (χ4v) is 6.69. The first-order valence-electron chi connectivity index (χ1n) is 13.7. The van der Waals surface area contributed by atoms with E-state index < -0.39 is 29.2 Å². The Morgan fingerprint density at radius 2 is 1.90 bits per heavy atom. The smallest absolute Gasteiger partial charge is 0.332 e. The van der Waals surface area contributed by atoms with Gasteiger partial charge in [0.05, 0.1) is 25.1 Å². The van der Waals surface area contributed by atoms with Crippen LogP contribution in [0.25, 0.3) is 15.2 Å². The van der Waals surface area contributed by atoms with E-state index in [1.165, 1.54) is 41.2 Å². The van der Waals surface area contributed by atoms with E-state index >= 15 is 0 Å². The Bertz CT molecular complexity index is 1680. The van der Waals surface area contributed by atoms with Crippen LogP contribution in [0.15, 0.2) is 46.2 Å². The van der Waals surface area contributed by atoms with Gasteiger partial charge in [-0.15, -0.1) is 0 Å². The van der Waals surface area contributed by atoms with E-state index in [4.69, 9.17) is 9.47 Å². The third-order valence-electron chi connectivity index (χ3n) is 7.42. The summed E-state index contributed by atoms with van der Waals surface area (Å²) in [6.07, 6.45) is 4.10. The molecule has 0 N–H and O–H groups in total. The van der Waals surface area contributed by atoms with E-state index in [0.717, 1.165) is 17.4 Å².